The van der Waals surface area contributed by atoms with Crippen LogP contribution in [0.5, 0.6) is 0 Å². The van der Waals surface area contributed by atoms with E-state index in [0.717, 1.165) is 0 Å². The lowest BCUT2D eigenvalue weighted by Crippen LogP contribution is -2.38. The summed E-state index contributed by atoms with van der Waals surface area (Å²) < 4.78 is 13.7. The van der Waals surface area contributed by atoms with Gasteiger partial charge in [-0.1, -0.05) is 12.2 Å². The number of rotatable bonds is 5. The number of hydrogen-bond acceptors (Lipinski definition) is 3. The lowest BCUT2D eigenvalue weighted by molar-refractivity contribution is -0.120. The van der Waals surface area contributed by atoms with Gasteiger partial charge in [-0.2, -0.15) is 0 Å². The van der Waals surface area contributed by atoms with Crippen molar-refractivity contribution in [2.75, 3.05) is 18.5 Å². The zero-order valence-corrected chi connectivity index (χ0v) is 12.1. The first kappa shape index (κ1) is 15.4. The first-order valence-corrected chi connectivity index (χ1v) is 6.32. The number of amides is 1. The normalized spacial score (nSPS) is 10.4. The van der Waals surface area contributed by atoms with E-state index >= 15 is 0 Å². The molecule has 0 fully saturated rings. The van der Waals surface area contributed by atoms with Gasteiger partial charge in [0.2, 0.25) is 5.91 Å². The second-order valence-electron chi connectivity index (χ2n) is 4.61. The van der Waals surface area contributed by atoms with E-state index in [-0.39, 0.29) is 29.0 Å². The zero-order valence-electron chi connectivity index (χ0n) is 11.2. The Morgan fingerprint density at radius 3 is 2.63 bits per heavy atom. The van der Waals surface area contributed by atoms with Crippen LogP contribution in [0.15, 0.2) is 18.2 Å². The van der Waals surface area contributed by atoms with Crippen LogP contribution in [0.1, 0.15) is 19.4 Å². The Hall–Kier alpha value is -1.69. The van der Waals surface area contributed by atoms with Crippen LogP contribution in [0.2, 0.25) is 0 Å². The molecule has 0 radical (unpaired) electrons. The largest absolute Gasteiger partial charge is 0.389 e. The van der Waals surface area contributed by atoms with Crippen molar-refractivity contribution < 1.29 is 9.18 Å². The van der Waals surface area contributed by atoms with Gasteiger partial charge < -0.3 is 16.0 Å². The molecule has 0 unspecified atom stereocenters. The number of thiocarbonyl (C=S) groups is 1. The summed E-state index contributed by atoms with van der Waals surface area (Å²) in [5.74, 6) is -0.600. The number of halogens is 1. The summed E-state index contributed by atoms with van der Waals surface area (Å²) in [6, 6.07) is 4.59. The summed E-state index contributed by atoms with van der Waals surface area (Å²) in [6.45, 7) is 3.92. The minimum atomic E-state index is -0.485. The molecule has 0 aliphatic rings. The summed E-state index contributed by atoms with van der Waals surface area (Å²) in [7, 11) is 1.72. The van der Waals surface area contributed by atoms with Crippen LogP contribution >= 0.6 is 12.2 Å². The number of nitrogens with two attached hydrogens (primary N) is 1. The third kappa shape index (κ3) is 4.48. The van der Waals surface area contributed by atoms with Crippen molar-refractivity contribution in [3.63, 3.8) is 0 Å². The van der Waals surface area contributed by atoms with Crippen molar-refractivity contribution in [1.82, 2.24) is 5.32 Å². The molecule has 0 spiro atoms. The van der Waals surface area contributed by atoms with Crippen molar-refractivity contribution in [3.05, 3.63) is 29.6 Å². The van der Waals surface area contributed by atoms with E-state index in [1.165, 1.54) is 12.1 Å². The Kier molecular flexibility index (Phi) is 5.23. The molecule has 0 aliphatic carbocycles. The predicted molar refractivity (Wildman–Crippen MR) is 78.8 cm³/mol. The molecule has 104 valence electrons. The maximum atomic E-state index is 13.7. The molecule has 0 saturated carbocycles. The van der Waals surface area contributed by atoms with Gasteiger partial charge in [-0.3, -0.25) is 4.79 Å². The molecule has 1 rings (SSSR count). The van der Waals surface area contributed by atoms with Gasteiger partial charge in [0.15, 0.2) is 0 Å². The second-order valence-corrected chi connectivity index (χ2v) is 5.05. The molecule has 19 heavy (non-hydrogen) atoms. The molecule has 0 saturated heterocycles. The first-order chi connectivity index (χ1) is 8.81. The van der Waals surface area contributed by atoms with E-state index in [1.54, 1.807) is 18.0 Å². The first-order valence-electron chi connectivity index (χ1n) is 5.91. The van der Waals surface area contributed by atoms with E-state index in [9.17, 15) is 9.18 Å². The fraction of sp³-hybridized carbons (Fsp3) is 0.385. The van der Waals surface area contributed by atoms with E-state index in [0.29, 0.717) is 5.69 Å². The number of carbonyl (C=O) groups is 1. The molecule has 1 aromatic rings. The third-order valence-corrected chi connectivity index (χ3v) is 2.71. The van der Waals surface area contributed by atoms with Crippen LogP contribution in [0.25, 0.3) is 0 Å². The van der Waals surface area contributed by atoms with Crippen LogP contribution in [0, 0.1) is 5.82 Å². The quantitative estimate of drug-likeness (QED) is 0.803. The highest BCUT2D eigenvalue weighted by Gasteiger charge is 2.11. The van der Waals surface area contributed by atoms with Crippen molar-refractivity contribution >= 4 is 28.8 Å². The molecule has 0 atom stereocenters. The lowest BCUT2D eigenvalue weighted by atomic mass is 10.2. The second kappa shape index (κ2) is 6.47. The van der Waals surface area contributed by atoms with Crippen LogP contribution < -0.4 is 16.0 Å². The summed E-state index contributed by atoms with van der Waals surface area (Å²) in [5, 5.41) is 2.77. The molecule has 0 aromatic heterocycles. The van der Waals surface area contributed by atoms with E-state index in [4.69, 9.17) is 18.0 Å². The fourth-order valence-electron chi connectivity index (χ4n) is 1.62. The standard InChI is InChI=1S/C13H18FN3OS/c1-8(2)16-12(18)7-17(3)9-4-5-10(13(15)19)11(14)6-9/h4-6,8H,7H2,1-3H3,(H2,15,19)(H,16,18). The fourth-order valence-corrected chi connectivity index (χ4v) is 1.78. The lowest BCUT2D eigenvalue weighted by Gasteiger charge is -2.20. The minimum Gasteiger partial charge on any atom is -0.389 e. The molecule has 3 N–H and O–H groups in total. The number of carbonyl (C=O) groups excluding carboxylic acids is 1. The van der Waals surface area contributed by atoms with Gasteiger partial charge in [0.25, 0.3) is 0 Å². The van der Waals surface area contributed by atoms with E-state index in [1.807, 2.05) is 13.8 Å². The van der Waals surface area contributed by atoms with Crippen molar-refractivity contribution in [3.8, 4) is 0 Å². The maximum absolute atomic E-state index is 13.7. The summed E-state index contributed by atoms with van der Waals surface area (Å²) in [6.07, 6.45) is 0. The monoisotopic (exact) mass is 283 g/mol. The highest BCUT2D eigenvalue weighted by molar-refractivity contribution is 7.80. The molecule has 1 aromatic carbocycles. The van der Waals surface area contributed by atoms with Gasteiger partial charge in [0.1, 0.15) is 10.8 Å². The summed E-state index contributed by atoms with van der Waals surface area (Å²) in [4.78, 5) is 13.3. The Morgan fingerprint density at radius 1 is 1.53 bits per heavy atom. The Balaban J connectivity index is 2.78. The number of nitrogens with zero attached hydrogens (tertiary/aromatic N) is 1. The number of anilines is 1. The van der Waals surface area contributed by atoms with Crippen LogP contribution in [0.3, 0.4) is 0 Å². The smallest absolute Gasteiger partial charge is 0.239 e. The number of nitrogens with one attached hydrogen (secondary N) is 1. The third-order valence-electron chi connectivity index (χ3n) is 2.49. The Morgan fingerprint density at radius 2 is 2.16 bits per heavy atom. The zero-order chi connectivity index (χ0) is 14.6. The van der Waals surface area contributed by atoms with E-state index < -0.39 is 5.82 Å². The van der Waals surface area contributed by atoms with Crippen molar-refractivity contribution in [2.24, 2.45) is 5.73 Å². The predicted octanol–water partition coefficient (Wildman–Crippen LogP) is 1.42. The van der Waals surface area contributed by atoms with Crippen molar-refractivity contribution in [2.45, 2.75) is 19.9 Å². The number of hydrogen-bond donors (Lipinski definition) is 2. The molecule has 0 aliphatic heterocycles. The van der Waals surface area contributed by atoms with E-state index in [2.05, 4.69) is 5.32 Å². The average molecular weight is 283 g/mol. The average Bonchev–Trinajstić information content (AvgIpc) is 2.26. The molecule has 6 heteroatoms. The highest BCUT2D eigenvalue weighted by atomic mass is 32.1. The van der Waals surface area contributed by atoms with Crippen LogP contribution in [-0.4, -0.2) is 30.5 Å². The molecule has 0 bridgehead atoms. The highest BCUT2D eigenvalue weighted by Crippen LogP contribution is 2.17. The van der Waals surface area contributed by atoms with Crippen LogP contribution in [-0.2, 0) is 4.79 Å². The van der Waals surface area contributed by atoms with Gasteiger partial charge in [-0.15, -0.1) is 0 Å². The maximum Gasteiger partial charge on any atom is 0.239 e. The summed E-state index contributed by atoms with van der Waals surface area (Å²) >= 11 is 4.74. The molecule has 4 nitrogen and oxygen atoms in total. The van der Waals surface area contributed by atoms with Gasteiger partial charge in [-0.25, -0.2) is 4.39 Å². The number of likely N-dealkylation sites (N-methyl/N-ethyl adjacent to an activating group) is 1. The number of benzene rings is 1. The van der Waals surface area contributed by atoms with Gasteiger partial charge in [0, 0.05) is 24.3 Å². The van der Waals surface area contributed by atoms with Crippen molar-refractivity contribution in [1.29, 1.82) is 0 Å². The molecular weight excluding hydrogens is 265 g/mol. The van der Waals surface area contributed by atoms with Gasteiger partial charge >= 0.3 is 0 Å². The molecular formula is C13H18FN3OS. The van der Waals surface area contributed by atoms with Gasteiger partial charge in [-0.05, 0) is 32.0 Å². The minimum absolute atomic E-state index is 0.0178. The topological polar surface area (TPSA) is 58.4 Å². The SMILES string of the molecule is CC(C)NC(=O)CN(C)c1ccc(C(N)=S)c(F)c1. The Bertz CT molecular complexity index is 491. The van der Waals surface area contributed by atoms with Crippen LogP contribution in [0.4, 0.5) is 10.1 Å². The Labute approximate surface area is 117 Å². The van der Waals surface area contributed by atoms with Gasteiger partial charge in [0.05, 0.1) is 6.54 Å². The molecule has 0 heterocycles. The molecule has 1 amide bonds. The summed E-state index contributed by atoms with van der Waals surface area (Å²) in [5.41, 5.74) is 6.19.